The van der Waals surface area contributed by atoms with E-state index in [0.29, 0.717) is 0 Å². The number of rotatable bonds is 1. The molecule has 6 rings (SSSR count). The maximum atomic E-state index is 3.49. The minimum atomic E-state index is 0. The Morgan fingerprint density at radius 3 is 1.73 bits per heavy atom. The SMILES string of the molecule is Brc1ccc(I)cc1.Brc1ccc(N2CC3CC[C@@H](C3)C2)cc1.CN1C2CC[C@@H]1CNC2.[V]. The average Bonchev–Trinajstić information content (AvgIpc) is 3.20. The molecule has 3 heterocycles. The van der Waals surface area contributed by atoms with Gasteiger partial charge in [0.15, 0.2) is 0 Å². The molecule has 2 unspecified atom stereocenters. The molecule has 33 heavy (non-hydrogen) atoms. The monoisotopic (exact) mass is 724 g/mol. The largest absolute Gasteiger partial charge is 0.371 e. The predicted octanol–water partition coefficient (Wildman–Crippen LogP) is 6.79. The van der Waals surface area contributed by atoms with Gasteiger partial charge in [-0.2, -0.15) is 0 Å². The molecule has 4 fully saturated rings. The second-order valence-electron chi connectivity index (χ2n) is 9.57. The molecule has 1 aliphatic carbocycles. The summed E-state index contributed by atoms with van der Waals surface area (Å²) in [6.45, 7) is 4.98. The first-order valence-corrected chi connectivity index (χ1v) is 14.5. The van der Waals surface area contributed by atoms with Crippen LogP contribution in [-0.2, 0) is 18.6 Å². The summed E-state index contributed by atoms with van der Waals surface area (Å²) in [5.74, 6) is 1.93. The summed E-state index contributed by atoms with van der Waals surface area (Å²) in [5.41, 5.74) is 1.40. The summed E-state index contributed by atoms with van der Waals surface area (Å²) in [7, 11) is 2.25. The van der Waals surface area contributed by atoms with E-state index in [-0.39, 0.29) is 18.6 Å². The van der Waals surface area contributed by atoms with Crippen molar-refractivity contribution in [1.82, 2.24) is 10.2 Å². The van der Waals surface area contributed by atoms with Crippen LogP contribution in [0.1, 0.15) is 32.1 Å². The van der Waals surface area contributed by atoms with Crippen LogP contribution in [0.3, 0.4) is 0 Å². The smallest absolute Gasteiger partial charge is 0.0367 e. The van der Waals surface area contributed by atoms with Crippen LogP contribution in [-0.4, -0.2) is 50.2 Å². The molecular weight excluding hydrogens is 692 g/mol. The molecule has 0 aromatic heterocycles. The van der Waals surface area contributed by atoms with Crippen LogP contribution < -0.4 is 10.2 Å². The van der Waals surface area contributed by atoms with E-state index in [0.717, 1.165) is 28.4 Å². The van der Waals surface area contributed by atoms with Crippen LogP contribution in [0.4, 0.5) is 5.69 Å². The van der Waals surface area contributed by atoms with Crippen molar-refractivity contribution in [3.8, 4) is 0 Å². The van der Waals surface area contributed by atoms with Crippen molar-refractivity contribution in [1.29, 1.82) is 0 Å². The third-order valence-corrected chi connectivity index (χ3v) is 9.12. The van der Waals surface area contributed by atoms with E-state index in [9.17, 15) is 0 Å². The summed E-state index contributed by atoms with van der Waals surface area (Å²) < 4.78 is 3.58. The van der Waals surface area contributed by atoms with Crippen LogP contribution in [0.15, 0.2) is 57.5 Å². The van der Waals surface area contributed by atoms with Crippen LogP contribution in [0.25, 0.3) is 0 Å². The number of anilines is 1. The summed E-state index contributed by atoms with van der Waals surface area (Å²) in [5, 5.41) is 3.44. The normalized spacial score (nSPS) is 27.6. The van der Waals surface area contributed by atoms with E-state index in [1.807, 2.05) is 12.1 Å². The van der Waals surface area contributed by atoms with Crippen molar-refractivity contribution in [2.45, 2.75) is 44.2 Å². The fourth-order valence-corrected chi connectivity index (χ4v) is 6.39. The molecule has 4 atom stereocenters. The molecule has 3 aliphatic heterocycles. The maximum absolute atomic E-state index is 3.49. The van der Waals surface area contributed by atoms with Gasteiger partial charge in [-0.15, -0.1) is 0 Å². The zero-order chi connectivity index (χ0) is 22.5. The molecule has 1 radical (unpaired) electrons. The van der Waals surface area contributed by atoms with Gasteiger partial charge in [0.25, 0.3) is 0 Å². The molecule has 2 aromatic rings. The standard InChI is InChI=1S/C13H16BrN.C7H14N2.C6H4BrI.V/c14-12-3-5-13(6-4-12)15-8-10-1-2-11(7-10)9-15;1-9-6-2-3-7(9)5-8-4-6;7-5-1-3-6(8)4-2-5;/h3-6,10-11H,1-2,7-9H2;6-8H,2-5H2,1H3;1-4H;/t10-,11?;6-,7?;;/m01../s1. The van der Waals surface area contributed by atoms with Gasteiger partial charge in [0, 0.05) is 75.0 Å². The zero-order valence-electron chi connectivity index (χ0n) is 19.3. The first-order chi connectivity index (χ1) is 15.5. The Morgan fingerprint density at radius 1 is 0.788 bits per heavy atom. The zero-order valence-corrected chi connectivity index (χ0v) is 26.0. The number of likely N-dealkylation sites (N-methyl/N-ethyl adjacent to an activating group) is 1. The van der Waals surface area contributed by atoms with Crippen molar-refractivity contribution in [3.05, 3.63) is 61.0 Å². The van der Waals surface area contributed by atoms with E-state index in [1.165, 1.54) is 72.0 Å². The molecule has 1 N–H and O–H groups in total. The Hall–Kier alpha value is 0.434. The van der Waals surface area contributed by atoms with E-state index < -0.39 is 0 Å². The molecule has 0 spiro atoms. The molecule has 3 nitrogen and oxygen atoms in total. The number of nitrogens with one attached hydrogen (secondary N) is 1. The predicted molar refractivity (Wildman–Crippen MR) is 151 cm³/mol. The number of benzene rings is 2. The molecule has 2 aromatic carbocycles. The van der Waals surface area contributed by atoms with Gasteiger partial charge in [0.05, 0.1) is 0 Å². The first kappa shape index (κ1) is 28.0. The number of fused-ring (bicyclic) bond motifs is 4. The fraction of sp³-hybridized carbons (Fsp3) is 0.538. The van der Waals surface area contributed by atoms with Crippen LogP contribution in [0, 0.1) is 15.4 Å². The number of halogens is 3. The van der Waals surface area contributed by atoms with Crippen molar-refractivity contribution < 1.29 is 18.6 Å². The number of nitrogens with zero attached hydrogens (tertiary/aromatic N) is 2. The molecule has 4 bridgehead atoms. The Balaban J connectivity index is 0.000000147. The number of hydrogen-bond acceptors (Lipinski definition) is 3. The molecule has 179 valence electrons. The molecule has 7 heteroatoms. The third kappa shape index (κ3) is 8.23. The maximum Gasteiger partial charge on any atom is 0.0367 e. The van der Waals surface area contributed by atoms with Crippen LogP contribution >= 0.6 is 54.5 Å². The molecule has 1 saturated carbocycles. The van der Waals surface area contributed by atoms with Crippen LogP contribution in [0.2, 0.25) is 0 Å². The number of piperazine rings is 1. The summed E-state index contributed by atoms with van der Waals surface area (Å²) in [4.78, 5) is 5.09. The van der Waals surface area contributed by atoms with Gasteiger partial charge < -0.3 is 10.2 Å². The van der Waals surface area contributed by atoms with Gasteiger partial charge in [-0.05, 0) is 122 Å². The second-order valence-corrected chi connectivity index (χ2v) is 12.6. The van der Waals surface area contributed by atoms with Gasteiger partial charge in [-0.3, -0.25) is 4.90 Å². The van der Waals surface area contributed by atoms with Gasteiger partial charge in [0.2, 0.25) is 0 Å². The summed E-state index contributed by atoms with van der Waals surface area (Å²) in [6, 6.07) is 18.6. The molecule has 3 saturated heterocycles. The quantitative estimate of drug-likeness (QED) is 0.327. The minimum absolute atomic E-state index is 0. The third-order valence-electron chi connectivity index (χ3n) is 7.35. The summed E-state index contributed by atoms with van der Waals surface area (Å²) >= 11 is 9.10. The van der Waals surface area contributed by atoms with Crippen LogP contribution in [0.5, 0.6) is 0 Å². The van der Waals surface area contributed by atoms with E-state index in [4.69, 9.17) is 0 Å². The topological polar surface area (TPSA) is 18.5 Å². The molecule has 0 amide bonds. The van der Waals surface area contributed by atoms with Gasteiger partial charge in [0.1, 0.15) is 0 Å². The molecule has 4 aliphatic rings. The van der Waals surface area contributed by atoms with Gasteiger partial charge >= 0.3 is 0 Å². The van der Waals surface area contributed by atoms with Crippen molar-refractivity contribution in [2.75, 3.05) is 38.1 Å². The number of piperidine rings is 1. The van der Waals surface area contributed by atoms with E-state index in [1.54, 1.807) is 0 Å². The van der Waals surface area contributed by atoms with Gasteiger partial charge in [-0.25, -0.2) is 0 Å². The van der Waals surface area contributed by atoms with Crippen molar-refractivity contribution >= 4 is 60.1 Å². The van der Waals surface area contributed by atoms with E-state index in [2.05, 4.69) is 113 Å². The summed E-state index contributed by atoms with van der Waals surface area (Å²) in [6.07, 6.45) is 7.21. The second kappa shape index (κ2) is 13.7. The van der Waals surface area contributed by atoms with E-state index >= 15 is 0 Å². The van der Waals surface area contributed by atoms with Crippen molar-refractivity contribution in [2.24, 2.45) is 11.8 Å². The first-order valence-electron chi connectivity index (χ1n) is 11.8. The van der Waals surface area contributed by atoms with Gasteiger partial charge in [-0.1, -0.05) is 31.9 Å². The molecular formula is C26H34Br2IN3V. The minimum Gasteiger partial charge on any atom is -0.371 e. The number of hydrogen-bond donors (Lipinski definition) is 1. The fourth-order valence-electron chi connectivity index (χ4n) is 5.50. The average molecular weight is 726 g/mol. The Labute approximate surface area is 242 Å². The Bertz CT molecular complexity index is 803. The van der Waals surface area contributed by atoms with Crippen molar-refractivity contribution in [3.63, 3.8) is 0 Å². The Morgan fingerprint density at radius 2 is 1.27 bits per heavy atom. The Kier molecular flexibility index (Phi) is 11.6.